The molecule has 0 unspecified atom stereocenters. The molecule has 0 spiro atoms. The maximum Gasteiger partial charge on any atom is 0.418 e. The van der Waals surface area contributed by atoms with Crippen LogP contribution < -0.4 is 0 Å². The van der Waals surface area contributed by atoms with Gasteiger partial charge in [-0.15, -0.1) is 0 Å². The van der Waals surface area contributed by atoms with E-state index in [4.69, 9.17) is 0 Å². The quantitative estimate of drug-likeness (QED) is 0.243. The molecule has 0 fully saturated rings. The van der Waals surface area contributed by atoms with E-state index in [2.05, 4.69) is 0 Å². The standard InChI is InChI=1S/C24H20F4N2O2S/c1-15(2)23-13-17(12-20(14-29)33(31,32)19-10-8-18(25)9-11-19)16(3)30(23)22-7-5-4-6-21(22)24(26,27)28/h4-13,15H,1-3H3/b20-12+. The van der Waals surface area contributed by atoms with Crippen molar-refractivity contribution < 1.29 is 26.0 Å². The van der Waals surface area contributed by atoms with Crippen LogP contribution in [0.25, 0.3) is 11.8 Å². The third-order valence-corrected chi connectivity index (χ3v) is 6.85. The Balaban J connectivity index is 2.24. The minimum atomic E-state index is -4.60. The van der Waals surface area contributed by atoms with E-state index >= 15 is 0 Å². The van der Waals surface area contributed by atoms with E-state index in [9.17, 15) is 31.2 Å². The number of halogens is 4. The second-order valence-electron chi connectivity index (χ2n) is 7.69. The van der Waals surface area contributed by atoms with Gasteiger partial charge in [-0.3, -0.25) is 0 Å². The highest BCUT2D eigenvalue weighted by atomic mass is 32.2. The predicted molar refractivity (Wildman–Crippen MR) is 117 cm³/mol. The van der Waals surface area contributed by atoms with Crippen LogP contribution in [0.3, 0.4) is 0 Å². The molecular formula is C24H20F4N2O2S. The molecule has 0 saturated heterocycles. The van der Waals surface area contributed by atoms with E-state index < -0.39 is 32.3 Å². The SMILES string of the molecule is Cc1c(/C=C(\C#N)S(=O)(=O)c2ccc(F)cc2)cc(C(C)C)n1-c1ccccc1C(F)(F)F. The summed E-state index contributed by atoms with van der Waals surface area (Å²) in [5.74, 6) is -0.833. The maximum absolute atomic E-state index is 13.7. The summed E-state index contributed by atoms with van der Waals surface area (Å²) in [6.45, 7) is 5.16. The lowest BCUT2D eigenvalue weighted by atomic mass is 10.1. The number of nitrogens with zero attached hydrogens (tertiary/aromatic N) is 2. The highest BCUT2D eigenvalue weighted by Gasteiger charge is 2.34. The molecule has 0 radical (unpaired) electrons. The van der Waals surface area contributed by atoms with E-state index in [-0.39, 0.29) is 22.1 Å². The van der Waals surface area contributed by atoms with Gasteiger partial charge in [-0.1, -0.05) is 26.0 Å². The molecule has 0 aliphatic carbocycles. The Kier molecular flexibility index (Phi) is 6.52. The van der Waals surface area contributed by atoms with Crippen LogP contribution in [-0.2, 0) is 16.0 Å². The molecule has 0 atom stereocenters. The smallest absolute Gasteiger partial charge is 0.317 e. The van der Waals surface area contributed by atoms with Crippen molar-refractivity contribution in [3.05, 3.63) is 87.8 Å². The van der Waals surface area contributed by atoms with Crippen LogP contribution in [0.1, 0.15) is 42.3 Å². The Bertz CT molecular complexity index is 1360. The lowest BCUT2D eigenvalue weighted by Crippen LogP contribution is -2.13. The van der Waals surface area contributed by atoms with Crippen molar-refractivity contribution in [2.24, 2.45) is 0 Å². The topological polar surface area (TPSA) is 62.9 Å². The maximum atomic E-state index is 13.7. The molecule has 9 heteroatoms. The van der Waals surface area contributed by atoms with Crippen LogP contribution in [0.5, 0.6) is 0 Å². The van der Waals surface area contributed by atoms with Gasteiger partial charge in [0.05, 0.1) is 16.1 Å². The molecule has 3 aromatic rings. The predicted octanol–water partition coefficient (Wildman–Crippen LogP) is 6.41. The molecule has 0 amide bonds. The van der Waals surface area contributed by atoms with Crippen LogP contribution in [0.2, 0.25) is 0 Å². The summed E-state index contributed by atoms with van der Waals surface area (Å²) >= 11 is 0. The Morgan fingerprint density at radius 3 is 2.24 bits per heavy atom. The van der Waals surface area contributed by atoms with Crippen molar-refractivity contribution in [1.29, 1.82) is 5.26 Å². The summed E-state index contributed by atoms with van der Waals surface area (Å²) in [5, 5.41) is 9.56. The van der Waals surface area contributed by atoms with Crippen molar-refractivity contribution in [3.8, 4) is 11.8 Å². The molecule has 172 valence electrons. The molecule has 0 saturated carbocycles. The van der Waals surface area contributed by atoms with Gasteiger partial charge in [-0.05, 0) is 66.9 Å². The number of hydrogen-bond acceptors (Lipinski definition) is 3. The van der Waals surface area contributed by atoms with Gasteiger partial charge in [-0.25, -0.2) is 12.8 Å². The van der Waals surface area contributed by atoms with Gasteiger partial charge in [0.2, 0.25) is 9.84 Å². The van der Waals surface area contributed by atoms with Crippen molar-refractivity contribution in [1.82, 2.24) is 4.57 Å². The van der Waals surface area contributed by atoms with Gasteiger partial charge in [0.25, 0.3) is 0 Å². The normalized spacial score (nSPS) is 12.8. The molecule has 33 heavy (non-hydrogen) atoms. The average Bonchev–Trinajstić information content (AvgIpc) is 3.07. The van der Waals surface area contributed by atoms with Gasteiger partial charge in [0.1, 0.15) is 16.8 Å². The number of para-hydroxylation sites is 1. The lowest BCUT2D eigenvalue weighted by Gasteiger charge is -2.19. The summed E-state index contributed by atoms with van der Waals surface area (Å²) in [6.07, 6.45) is -3.46. The highest BCUT2D eigenvalue weighted by Crippen LogP contribution is 2.37. The van der Waals surface area contributed by atoms with Gasteiger partial charge in [0, 0.05) is 11.4 Å². The fourth-order valence-corrected chi connectivity index (χ4v) is 4.65. The fourth-order valence-electron chi connectivity index (χ4n) is 3.50. The Morgan fingerprint density at radius 2 is 1.70 bits per heavy atom. The highest BCUT2D eigenvalue weighted by molar-refractivity contribution is 7.95. The number of rotatable bonds is 5. The first-order valence-electron chi connectivity index (χ1n) is 9.89. The molecule has 1 aromatic heterocycles. The van der Waals surface area contributed by atoms with Crippen molar-refractivity contribution in [2.75, 3.05) is 0 Å². The van der Waals surface area contributed by atoms with E-state index in [0.29, 0.717) is 11.4 Å². The molecule has 3 rings (SSSR count). The molecular weight excluding hydrogens is 456 g/mol. The second kappa shape index (κ2) is 8.87. The monoisotopic (exact) mass is 476 g/mol. The van der Waals surface area contributed by atoms with E-state index in [1.807, 2.05) is 0 Å². The third kappa shape index (κ3) is 4.71. The first-order valence-corrected chi connectivity index (χ1v) is 11.4. The number of nitriles is 1. The van der Waals surface area contributed by atoms with Crippen molar-refractivity contribution in [3.63, 3.8) is 0 Å². The Labute approximate surface area is 189 Å². The molecule has 0 aliphatic heterocycles. The molecule has 1 heterocycles. The first-order chi connectivity index (χ1) is 15.4. The number of alkyl halides is 3. The largest absolute Gasteiger partial charge is 0.418 e. The molecule has 4 nitrogen and oxygen atoms in total. The van der Waals surface area contributed by atoms with Crippen LogP contribution in [0, 0.1) is 24.1 Å². The summed E-state index contributed by atoms with van der Waals surface area (Å²) < 4.78 is 81.4. The minimum absolute atomic E-state index is 0.0919. The second-order valence-corrected chi connectivity index (χ2v) is 9.61. The van der Waals surface area contributed by atoms with E-state index in [1.165, 1.54) is 22.8 Å². The Hall–Kier alpha value is -3.38. The molecule has 0 aliphatic rings. The number of aromatic nitrogens is 1. The van der Waals surface area contributed by atoms with Gasteiger partial charge < -0.3 is 4.57 Å². The number of allylic oxidation sites excluding steroid dienone is 1. The van der Waals surface area contributed by atoms with Crippen LogP contribution in [0.4, 0.5) is 17.6 Å². The Morgan fingerprint density at radius 1 is 1.09 bits per heavy atom. The van der Waals surface area contributed by atoms with Crippen molar-refractivity contribution in [2.45, 2.75) is 37.8 Å². The number of hydrogen-bond donors (Lipinski definition) is 0. The zero-order valence-electron chi connectivity index (χ0n) is 18.0. The van der Waals surface area contributed by atoms with Gasteiger partial charge in [-0.2, -0.15) is 18.4 Å². The average molecular weight is 476 g/mol. The van der Waals surface area contributed by atoms with E-state index in [0.717, 1.165) is 36.4 Å². The minimum Gasteiger partial charge on any atom is -0.317 e. The third-order valence-electron chi connectivity index (χ3n) is 5.17. The molecule has 0 bridgehead atoms. The van der Waals surface area contributed by atoms with Gasteiger partial charge >= 0.3 is 6.18 Å². The lowest BCUT2D eigenvalue weighted by molar-refractivity contribution is -0.137. The molecule has 2 aromatic carbocycles. The summed E-state index contributed by atoms with van der Waals surface area (Å²) in [4.78, 5) is -0.867. The van der Waals surface area contributed by atoms with Crippen LogP contribution >= 0.6 is 0 Å². The fraction of sp³-hybridized carbons (Fsp3) is 0.208. The molecule has 0 N–H and O–H groups in total. The number of sulfone groups is 1. The van der Waals surface area contributed by atoms with Crippen molar-refractivity contribution >= 4 is 15.9 Å². The van der Waals surface area contributed by atoms with Gasteiger partial charge in [0.15, 0.2) is 0 Å². The van der Waals surface area contributed by atoms with Crippen LogP contribution in [-0.4, -0.2) is 13.0 Å². The zero-order chi connectivity index (χ0) is 24.6. The zero-order valence-corrected chi connectivity index (χ0v) is 18.8. The van der Waals surface area contributed by atoms with Crippen LogP contribution in [0.15, 0.2) is 64.4 Å². The first kappa shape index (κ1) is 24.3. The summed E-state index contributed by atoms with van der Waals surface area (Å²) in [5.41, 5.74) is 0.230. The summed E-state index contributed by atoms with van der Waals surface area (Å²) in [7, 11) is -4.26. The number of benzene rings is 2. The van der Waals surface area contributed by atoms with E-state index in [1.54, 1.807) is 32.9 Å². The summed E-state index contributed by atoms with van der Waals surface area (Å²) in [6, 6.07) is 12.4.